The Morgan fingerprint density at radius 2 is 0.440 bits per heavy atom. The molecule has 492 valence electrons. The van der Waals surface area contributed by atoms with Gasteiger partial charge >= 0.3 is 17.9 Å². The number of carbonyl (C=O) groups excluding carboxylic acids is 6. The fourth-order valence-electron chi connectivity index (χ4n) is 11.8. The van der Waals surface area contributed by atoms with Crippen molar-refractivity contribution in [1.82, 2.24) is 14.7 Å². The number of hydrogen-bond acceptors (Lipinski definition) is 9. The number of unbranched alkanes of at least 4 members (excludes halogenated alkanes) is 39. The first-order valence-corrected chi connectivity index (χ1v) is 36.4. The van der Waals surface area contributed by atoms with Gasteiger partial charge in [0, 0.05) is 58.5 Å². The van der Waals surface area contributed by atoms with Crippen molar-refractivity contribution in [2.24, 2.45) is 17.8 Å². The molecule has 3 atom stereocenters. The first-order valence-electron chi connectivity index (χ1n) is 36.4. The lowest BCUT2D eigenvalue weighted by Gasteiger charge is -2.16. The van der Waals surface area contributed by atoms with E-state index in [-0.39, 0.29) is 53.4 Å². The van der Waals surface area contributed by atoms with Crippen molar-refractivity contribution in [1.29, 1.82) is 0 Å². The molecule has 0 aromatic carbocycles. The van der Waals surface area contributed by atoms with Crippen LogP contribution in [0.1, 0.15) is 350 Å². The minimum absolute atomic E-state index is 0.123. The fraction of sp³-hybridized carbons (Fsp3) is 0.917. The Morgan fingerprint density at radius 3 is 0.631 bits per heavy atom. The van der Waals surface area contributed by atoms with Gasteiger partial charge in [0.25, 0.3) is 0 Å². The van der Waals surface area contributed by atoms with Gasteiger partial charge in [-0.05, 0) is 38.5 Å². The third kappa shape index (κ3) is 43.4. The lowest BCUT2D eigenvalue weighted by Crippen LogP contribution is -2.27. The van der Waals surface area contributed by atoms with Crippen LogP contribution in [0.4, 0.5) is 0 Å². The molecule has 3 aliphatic heterocycles. The molecule has 0 aromatic heterocycles. The number of likely N-dealkylation sites (tertiary alicyclic amines) is 3. The van der Waals surface area contributed by atoms with Crippen LogP contribution in [0.5, 0.6) is 0 Å². The highest BCUT2D eigenvalue weighted by Gasteiger charge is 2.37. The Hall–Kier alpha value is -3.18. The molecule has 0 radical (unpaired) electrons. The molecule has 3 saturated heterocycles. The molecule has 0 aromatic rings. The quantitative estimate of drug-likeness (QED) is 0.0331. The lowest BCUT2D eigenvalue weighted by atomic mass is 10.0. The summed E-state index contributed by atoms with van der Waals surface area (Å²) in [6.45, 7) is 18.9. The number of amides is 3. The Labute approximate surface area is 517 Å². The Kier molecular flexibility index (Phi) is 54.0. The summed E-state index contributed by atoms with van der Waals surface area (Å²) >= 11 is 0. The van der Waals surface area contributed by atoms with Gasteiger partial charge in [0.15, 0.2) is 0 Å². The van der Waals surface area contributed by atoms with E-state index in [0.29, 0.717) is 58.7 Å². The third-order valence-corrected chi connectivity index (χ3v) is 17.5. The number of esters is 3. The molecule has 12 nitrogen and oxygen atoms in total. The summed E-state index contributed by atoms with van der Waals surface area (Å²) in [5.41, 5.74) is 0. The average molecular weight is 1190 g/mol. The maximum Gasteiger partial charge on any atom is 0.311 e. The molecule has 3 amide bonds. The van der Waals surface area contributed by atoms with Crippen LogP contribution in [-0.4, -0.2) is 109 Å². The van der Waals surface area contributed by atoms with E-state index < -0.39 is 0 Å². The van der Waals surface area contributed by atoms with Crippen molar-refractivity contribution < 1.29 is 43.0 Å². The number of nitrogens with zero attached hydrogens (tertiary/aromatic N) is 3. The smallest absolute Gasteiger partial charge is 0.311 e. The Bertz CT molecular complexity index is 1590. The minimum Gasteiger partial charge on any atom is -0.465 e. The largest absolute Gasteiger partial charge is 0.465 e. The highest BCUT2D eigenvalue weighted by Crippen LogP contribution is 2.24. The normalized spacial score (nSPS) is 16.7. The van der Waals surface area contributed by atoms with Crippen molar-refractivity contribution in [3.63, 3.8) is 0 Å². The van der Waals surface area contributed by atoms with E-state index in [4.69, 9.17) is 14.2 Å². The van der Waals surface area contributed by atoms with Crippen LogP contribution in [0.3, 0.4) is 0 Å². The van der Waals surface area contributed by atoms with Crippen LogP contribution < -0.4 is 0 Å². The molecule has 3 rings (SSSR count). The monoisotopic (exact) mass is 1190 g/mol. The number of rotatable bonds is 54. The number of ether oxygens (including phenoxy) is 3. The van der Waals surface area contributed by atoms with Crippen LogP contribution in [-0.2, 0) is 43.0 Å². The van der Waals surface area contributed by atoms with E-state index in [1.807, 2.05) is 14.7 Å². The van der Waals surface area contributed by atoms with Gasteiger partial charge in [0.05, 0.1) is 37.6 Å². The average Bonchev–Trinajstić information content (AvgIpc) is 4.34. The number of hydrogen-bond donors (Lipinski definition) is 0. The molecule has 0 saturated carbocycles. The summed E-state index contributed by atoms with van der Waals surface area (Å²) in [6.07, 6.45) is 57.6. The lowest BCUT2D eigenvalue weighted by molar-refractivity contribution is -0.149. The summed E-state index contributed by atoms with van der Waals surface area (Å²) in [6, 6.07) is 0. The van der Waals surface area contributed by atoms with Gasteiger partial charge in [-0.25, -0.2) is 0 Å². The summed E-state index contributed by atoms with van der Waals surface area (Å²) in [4.78, 5) is 78.4. The molecule has 0 N–H and O–H groups in total. The number of carbonyl (C=O) groups is 6. The van der Waals surface area contributed by atoms with Gasteiger partial charge in [0.2, 0.25) is 17.7 Å². The van der Waals surface area contributed by atoms with Crippen molar-refractivity contribution in [3.8, 4) is 0 Å². The van der Waals surface area contributed by atoms with E-state index in [0.717, 1.165) is 77.4 Å². The van der Waals surface area contributed by atoms with Crippen molar-refractivity contribution >= 4 is 35.6 Å². The molecule has 3 aliphatic rings. The fourth-order valence-corrected chi connectivity index (χ4v) is 11.8. The van der Waals surface area contributed by atoms with E-state index in [9.17, 15) is 28.8 Å². The molecular weight excluding hydrogens is 1050 g/mol. The second-order valence-corrected chi connectivity index (χ2v) is 25.5. The van der Waals surface area contributed by atoms with Gasteiger partial charge in [-0.2, -0.15) is 0 Å². The first-order chi connectivity index (χ1) is 41.1. The summed E-state index contributed by atoms with van der Waals surface area (Å²) in [5.74, 6) is -0.883. The predicted octanol–water partition coefficient (Wildman–Crippen LogP) is 18.8. The Morgan fingerprint density at radius 1 is 0.274 bits per heavy atom. The zero-order chi connectivity index (χ0) is 61.4. The van der Waals surface area contributed by atoms with Crippen LogP contribution >= 0.6 is 0 Å². The van der Waals surface area contributed by atoms with Gasteiger partial charge in [-0.3, -0.25) is 28.8 Å². The second kappa shape index (κ2) is 57.6. The summed E-state index contributed by atoms with van der Waals surface area (Å²) in [5, 5.41) is 0. The third-order valence-electron chi connectivity index (χ3n) is 17.5. The zero-order valence-electron chi connectivity index (χ0n) is 56.1. The van der Waals surface area contributed by atoms with Crippen molar-refractivity contribution in [2.75, 3.05) is 59.1 Å². The second-order valence-electron chi connectivity index (χ2n) is 25.5. The maximum absolute atomic E-state index is 12.2. The van der Waals surface area contributed by atoms with E-state index in [2.05, 4.69) is 41.5 Å². The van der Waals surface area contributed by atoms with Gasteiger partial charge < -0.3 is 28.9 Å². The van der Waals surface area contributed by atoms with E-state index >= 15 is 0 Å². The topological polar surface area (TPSA) is 140 Å². The molecule has 84 heavy (non-hydrogen) atoms. The van der Waals surface area contributed by atoms with Gasteiger partial charge in [-0.15, -0.1) is 0 Å². The SMILES string of the molecule is CCCCCCCCCCCCCCCCN1CC(C(=O)OCCCCCC)CC1=O.CCCCCCCCCCCCN1CC(C(=O)OCCCCCC)CC1=O.CCCCCCCCCCCN1CC(C(=O)OCCCCCC)CC1=O. The Balaban J connectivity index is 0.000000633. The molecule has 12 heteroatoms. The first kappa shape index (κ1) is 78.8. The van der Waals surface area contributed by atoms with Crippen LogP contribution in [0.15, 0.2) is 0 Å². The maximum atomic E-state index is 12.2. The van der Waals surface area contributed by atoms with E-state index in [1.54, 1.807) is 0 Å². The van der Waals surface area contributed by atoms with Crippen LogP contribution in [0.25, 0.3) is 0 Å². The minimum atomic E-state index is -0.245. The van der Waals surface area contributed by atoms with E-state index in [1.165, 1.54) is 231 Å². The summed E-state index contributed by atoms with van der Waals surface area (Å²) in [7, 11) is 0. The molecule has 0 spiro atoms. The van der Waals surface area contributed by atoms with Crippen LogP contribution in [0.2, 0.25) is 0 Å². The molecule has 3 fully saturated rings. The van der Waals surface area contributed by atoms with Crippen molar-refractivity contribution in [3.05, 3.63) is 0 Å². The van der Waals surface area contributed by atoms with Gasteiger partial charge in [0.1, 0.15) is 0 Å². The predicted molar refractivity (Wildman–Crippen MR) is 349 cm³/mol. The van der Waals surface area contributed by atoms with Crippen LogP contribution in [0, 0.1) is 17.8 Å². The van der Waals surface area contributed by atoms with Gasteiger partial charge in [-0.1, -0.05) is 292 Å². The summed E-state index contributed by atoms with van der Waals surface area (Å²) < 4.78 is 16.1. The van der Waals surface area contributed by atoms with Crippen molar-refractivity contribution in [2.45, 2.75) is 350 Å². The highest BCUT2D eigenvalue weighted by molar-refractivity contribution is 5.88. The molecule has 0 bridgehead atoms. The standard InChI is InChI=1S/C27H51NO3.C23H43NO3.C22H41NO3/c1-3-5-7-9-10-11-12-13-14-15-16-17-18-19-21-28-24-25(23-26(28)29)27(30)31-22-20-8-6-4-2;1-3-5-7-9-10-11-12-13-14-15-17-24-20-21(19-22(24)25)23(26)27-18-16-8-6-4-2;1-3-5-7-9-10-11-12-13-14-16-23-19-20(18-21(23)24)22(25)26-17-15-8-6-4-2/h25H,3-24H2,1-2H3;21H,3-20H2,1-2H3;20H,3-19H2,1-2H3. The molecule has 3 unspecified atom stereocenters. The molecule has 3 heterocycles. The zero-order valence-corrected chi connectivity index (χ0v) is 56.1. The highest BCUT2D eigenvalue weighted by atomic mass is 16.5. The molecular formula is C72H135N3O9. The molecule has 0 aliphatic carbocycles.